The molecule has 0 aliphatic carbocycles. The summed E-state index contributed by atoms with van der Waals surface area (Å²) < 4.78 is 0. The predicted molar refractivity (Wildman–Crippen MR) is 116 cm³/mol. The quantitative estimate of drug-likeness (QED) is 0.401. The highest BCUT2D eigenvalue weighted by Crippen LogP contribution is 2.32. The van der Waals surface area contributed by atoms with Crippen molar-refractivity contribution in [1.82, 2.24) is 24.9 Å². The maximum atomic E-state index is 6.47. The van der Waals surface area contributed by atoms with Crippen molar-refractivity contribution in [3.05, 3.63) is 76.8 Å². The van der Waals surface area contributed by atoms with Gasteiger partial charge >= 0.3 is 0 Å². The lowest BCUT2D eigenvalue weighted by molar-refractivity contribution is 1.09. The van der Waals surface area contributed by atoms with E-state index in [1.165, 1.54) is 6.33 Å². The first-order valence-corrected chi connectivity index (χ1v) is 9.67. The summed E-state index contributed by atoms with van der Waals surface area (Å²) in [6.07, 6.45) is 3.09. The van der Waals surface area contributed by atoms with Crippen molar-refractivity contribution in [1.29, 1.82) is 0 Å². The molecule has 8 heteroatoms. The van der Waals surface area contributed by atoms with Crippen LogP contribution in [-0.4, -0.2) is 24.9 Å². The molecule has 0 radical (unpaired) electrons. The van der Waals surface area contributed by atoms with Gasteiger partial charge in [0.15, 0.2) is 11.5 Å². The summed E-state index contributed by atoms with van der Waals surface area (Å²) in [5.74, 6) is 0.675. The number of anilines is 1. The number of imidazole rings is 1. The Bertz CT molecular complexity index is 1350. The van der Waals surface area contributed by atoms with Crippen molar-refractivity contribution in [3.8, 4) is 11.3 Å². The molecule has 0 spiro atoms. The monoisotopic (exact) mass is 420 g/mol. The molecule has 0 saturated carbocycles. The molecule has 6 nitrogen and oxygen atoms in total. The van der Waals surface area contributed by atoms with Gasteiger partial charge in [-0.3, -0.25) is 0 Å². The number of hydrogen-bond acceptors (Lipinski definition) is 5. The zero-order valence-electron chi connectivity index (χ0n) is 15.0. The number of pyridine rings is 1. The summed E-state index contributed by atoms with van der Waals surface area (Å²) in [6, 6.07) is 15.4. The third-order valence-corrected chi connectivity index (χ3v) is 5.22. The van der Waals surface area contributed by atoms with Gasteiger partial charge in [0, 0.05) is 27.5 Å². The molecule has 0 aliphatic rings. The van der Waals surface area contributed by atoms with E-state index in [4.69, 9.17) is 28.2 Å². The van der Waals surface area contributed by atoms with Crippen LogP contribution in [-0.2, 0) is 6.54 Å². The smallest absolute Gasteiger partial charge is 0.182 e. The minimum absolute atomic E-state index is 0.497. The highest BCUT2D eigenvalue weighted by Gasteiger charge is 2.14. The summed E-state index contributed by atoms with van der Waals surface area (Å²) >= 11 is 12.6. The summed E-state index contributed by atoms with van der Waals surface area (Å²) in [4.78, 5) is 20.6. The molecule has 0 bridgehead atoms. The molecule has 0 unspecified atom stereocenters. The Morgan fingerprint density at radius 1 is 0.966 bits per heavy atom. The lowest BCUT2D eigenvalue weighted by Crippen LogP contribution is -2.05. The number of hydrogen-bond donors (Lipinski definition) is 2. The third-order valence-electron chi connectivity index (χ3n) is 4.66. The fourth-order valence-electron chi connectivity index (χ4n) is 3.28. The van der Waals surface area contributed by atoms with Crippen LogP contribution in [0.3, 0.4) is 0 Å². The van der Waals surface area contributed by atoms with Gasteiger partial charge in [-0.2, -0.15) is 0 Å². The maximum absolute atomic E-state index is 6.47. The number of benzene rings is 2. The second-order valence-electron chi connectivity index (χ2n) is 6.49. The Hall–Kier alpha value is -3.22. The Labute approximate surface area is 176 Å². The number of nitrogens with one attached hydrogen (secondary N) is 2. The van der Waals surface area contributed by atoms with Gasteiger partial charge in [0.2, 0.25) is 0 Å². The normalized spacial score (nSPS) is 11.2. The van der Waals surface area contributed by atoms with E-state index >= 15 is 0 Å². The average Bonchev–Trinajstić information content (AvgIpc) is 3.21. The van der Waals surface area contributed by atoms with Crippen molar-refractivity contribution in [2.45, 2.75) is 6.54 Å². The minimum Gasteiger partial charge on any atom is -0.364 e. The molecule has 0 aliphatic heterocycles. The van der Waals surface area contributed by atoms with Crippen LogP contribution in [0.25, 0.3) is 33.3 Å². The van der Waals surface area contributed by atoms with Crippen molar-refractivity contribution in [2.75, 3.05) is 5.32 Å². The van der Waals surface area contributed by atoms with E-state index in [9.17, 15) is 0 Å². The van der Waals surface area contributed by atoms with Crippen LogP contribution < -0.4 is 5.32 Å². The third kappa shape index (κ3) is 3.37. The second kappa shape index (κ2) is 7.31. The van der Waals surface area contributed by atoms with Gasteiger partial charge in [-0.05, 0) is 29.8 Å². The number of rotatable bonds is 4. The molecule has 2 aromatic carbocycles. The molecule has 0 atom stereocenters. The number of aromatic amines is 1. The number of aromatic nitrogens is 5. The van der Waals surface area contributed by atoms with Crippen LogP contribution in [0.5, 0.6) is 0 Å². The van der Waals surface area contributed by atoms with Crippen molar-refractivity contribution in [3.63, 3.8) is 0 Å². The van der Waals surface area contributed by atoms with E-state index < -0.39 is 0 Å². The highest BCUT2D eigenvalue weighted by atomic mass is 35.5. The lowest BCUT2D eigenvalue weighted by atomic mass is 10.0. The summed E-state index contributed by atoms with van der Waals surface area (Å²) in [5, 5.41) is 5.64. The molecule has 142 valence electrons. The zero-order chi connectivity index (χ0) is 19.8. The molecule has 2 N–H and O–H groups in total. The Morgan fingerprint density at radius 3 is 2.76 bits per heavy atom. The van der Waals surface area contributed by atoms with E-state index in [1.807, 2.05) is 42.5 Å². The zero-order valence-corrected chi connectivity index (χ0v) is 16.5. The standard InChI is InChI=1S/C21H14Cl2N6/c22-14-6-5-12-7-13(9-24-20-19-21(26-10-25-19)28-11-27-20)18(29-17(12)8-14)15-3-1-2-4-16(15)23/h1-8,10-11H,9H2,(H2,24,25,26,27,28). The molecular formula is C21H14Cl2N6. The topological polar surface area (TPSA) is 79.4 Å². The van der Waals surface area contributed by atoms with E-state index in [2.05, 4.69) is 31.3 Å². The number of halogens is 2. The second-order valence-corrected chi connectivity index (χ2v) is 7.33. The van der Waals surface area contributed by atoms with Gasteiger partial charge in [-0.1, -0.05) is 47.5 Å². The number of nitrogens with zero attached hydrogens (tertiary/aromatic N) is 4. The van der Waals surface area contributed by atoms with Gasteiger partial charge in [0.05, 0.1) is 17.5 Å². The van der Waals surface area contributed by atoms with E-state index in [-0.39, 0.29) is 0 Å². The van der Waals surface area contributed by atoms with Gasteiger partial charge in [0.1, 0.15) is 11.8 Å². The van der Waals surface area contributed by atoms with Crippen LogP contribution in [0.1, 0.15) is 5.56 Å². The number of H-pyrrole nitrogens is 1. The van der Waals surface area contributed by atoms with Crippen molar-refractivity contribution in [2.24, 2.45) is 0 Å². The molecule has 0 saturated heterocycles. The van der Waals surface area contributed by atoms with E-state index in [0.717, 1.165) is 33.2 Å². The molecule has 5 aromatic rings. The van der Waals surface area contributed by atoms with Crippen molar-refractivity contribution < 1.29 is 0 Å². The van der Waals surface area contributed by atoms with Gasteiger partial charge in [-0.15, -0.1) is 0 Å². The fraction of sp³-hybridized carbons (Fsp3) is 0.0476. The summed E-state index contributed by atoms with van der Waals surface area (Å²) in [5.41, 5.74) is 4.83. The molecule has 5 rings (SSSR count). The first-order valence-electron chi connectivity index (χ1n) is 8.91. The van der Waals surface area contributed by atoms with E-state index in [0.29, 0.717) is 28.1 Å². The summed E-state index contributed by atoms with van der Waals surface area (Å²) in [7, 11) is 0. The van der Waals surface area contributed by atoms with Crippen molar-refractivity contribution >= 4 is 51.1 Å². The van der Waals surface area contributed by atoms with Crippen LogP contribution in [0.4, 0.5) is 5.82 Å². The molecule has 3 aromatic heterocycles. The SMILES string of the molecule is Clc1ccc2cc(CNc3ncnc4nc[nH]c34)c(-c3ccccc3Cl)nc2c1. The van der Waals surface area contributed by atoms with Crippen LogP contribution >= 0.6 is 23.2 Å². The molecule has 0 fully saturated rings. The summed E-state index contributed by atoms with van der Waals surface area (Å²) in [6.45, 7) is 0.497. The van der Waals surface area contributed by atoms with E-state index in [1.54, 1.807) is 6.33 Å². The molecule has 0 amide bonds. The lowest BCUT2D eigenvalue weighted by Gasteiger charge is -2.14. The number of fused-ring (bicyclic) bond motifs is 2. The predicted octanol–water partition coefficient (Wildman–Crippen LogP) is 5.49. The largest absolute Gasteiger partial charge is 0.364 e. The van der Waals surface area contributed by atoms with Gasteiger partial charge in [-0.25, -0.2) is 19.9 Å². The maximum Gasteiger partial charge on any atom is 0.182 e. The highest BCUT2D eigenvalue weighted by molar-refractivity contribution is 6.33. The average molecular weight is 421 g/mol. The van der Waals surface area contributed by atoms with Gasteiger partial charge in [0.25, 0.3) is 0 Å². The first-order chi connectivity index (χ1) is 14.2. The van der Waals surface area contributed by atoms with Crippen LogP contribution in [0.2, 0.25) is 10.0 Å². The Kier molecular flexibility index (Phi) is 4.50. The molecular weight excluding hydrogens is 407 g/mol. The molecule has 29 heavy (non-hydrogen) atoms. The van der Waals surface area contributed by atoms with Crippen LogP contribution in [0.15, 0.2) is 61.2 Å². The Balaban J connectivity index is 1.61. The fourth-order valence-corrected chi connectivity index (χ4v) is 3.67. The Morgan fingerprint density at radius 2 is 1.86 bits per heavy atom. The molecule has 3 heterocycles. The first kappa shape index (κ1) is 17.8. The minimum atomic E-state index is 0.497. The van der Waals surface area contributed by atoms with Gasteiger partial charge < -0.3 is 10.3 Å². The van der Waals surface area contributed by atoms with Crippen LogP contribution in [0, 0.1) is 0 Å².